The van der Waals surface area contributed by atoms with E-state index in [1.54, 1.807) is 30.3 Å². The summed E-state index contributed by atoms with van der Waals surface area (Å²) in [5.41, 5.74) is 0.361. The Bertz CT molecular complexity index is 730. The molecule has 0 aromatic heterocycles. The quantitative estimate of drug-likeness (QED) is 0.890. The molecular formula is C15H9NO4. The van der Waals surface area contributed by atoms with Crippen LogP contribution in [0.15, 0.2) is 42.5 Å². The van der Waals surface area contributed by atoms with Crippen LogP contribution in [0.1, 0.15) is 26.3 Å². The van der Waals surface area contributed by atoms with E-state index >= 15 is 0 Å². The molecule has 0 amide bonds. The molecule has 0 radical (unpaired) electrons. The summed E-state index contributed by atoms with van der Waals surface area (Å²) < 4.78 is 0. The van der Waals surface area contributed by atoms with Crippen LogP contribution in [0.3, 0.4) is 0 Å². The molecule has 0 aliphatic carbocycles. The van der Waals surface area contributed by atoms with Crippen LogP contribution < -0.4 is 0 Å². The van der Waals surface area contributed by atoms with Crippen LogP contribution in [-0.2, 0) is 0 Å². The number of carboxylic acids is 2. The summed E-state index contributed by atoms with van der Waals surface area (Å²) in [5, 5.41) is 27.4. The Morgan fingerprint density at radius 2 is 1.65 bits per heavy atom. The highest BCUT2D eigenvalue weighted by Gasteiger charge is 2.19. The van der Waals surface area contributed by atoms with E-state index in [9.17, 15) is 14.9 Å². The number of hydrogen-bond donors (Lipinski definition) is 2. The second kappa shape index (κ2) is 5.24. The summed E-state index contributed by atoms with van der Waals surface area (Å²) >= 11 is 0. The van der Waals surface area contributed by atoms with Crippen LogP contribution in [-0.4, -0.2) is 22.2 Å². The standard InChI is InChI=1S/C15H9NO4/c16-8-13-11(9-4-2-1-3-5-9)6-10(14(17)18)7-12(13)15(19)20/h1-7H,(H,17,18)(H,19,20). The summed E-state index contributed by atoms with van der Waals surface area (Å²) in [7, 11) is 0. The molecule has 2 rings (SSSR count). The van der Waals surface area contributed by atoms with Crippen molar-refractivity contribution >= 4 is 11.9 Å². The molecule has 0 spiro atoms. The van der Waals surface area contributed by atoms with E-state index in [4.69, 9.17) is 10.2 Å². The molecule has 0 heterocycles. The van der Waals surface area contributed by atoms with E-state index in [0.29, 0.717) is 11.1 Å². The lowest BCUT2D eigenvalue weighted by Crippen LogP contribution is -2.06. The first-order valence-corrected chi connectivity index (χ1v) is 5.64. The van der Waals surface area contributed by atoms with E-state index in [1.165, 1.54) is 6.07 Å². The van der Waals surface area contributed by atoms with Gasteiger partial charge in [0.1, 0.15) is 6.07 Å². The number of benzene rings is 2. The lowest BCUT2D eigenvalue weighted by molar-refractivity contribution is 0.0695. The normalized spacial score (nSPS) is 9.75. The van der Waals surface area contributed by atoms with Crippen molar-refractivity contribution in [3.05, 3.63) is 59.2 Å². The van der Waals surface area contributed by atoms with Crippen LogP contribution >= 0.6 is 0 Å². The number of aromatic carboxylic acids is 2. The first kappa shape index (κ1) is 13.3. The third-order valence-corrected chi connectivity index (χ3v) is 2.81. The number of carboxylic acid groups (broad SMARTS) is 2. The highest BCUT2D eigenvalue weighted by molar-refractivity contribution is 5.99. The molecule has 5 nitrogen and oxygen atoms in total. The van der Waals surface area contributed by atoms with Crippen LogP contribution in [0, 0.1) is 11.3 Å². The Hall–Kier alpha value is -3.13. The minimum absolute atomic E-state index is 0.0475. The minimum Gasteiger partial charge on any atom is -0.478 e. The van der Waals surface area contributed by atoms with E-state index in [-0.39, 0.29) is 16.7 Å². The number of rotatable bonds is 3. The molecule has 20 heavy (non-hydrogen) atoms. The van der Waals surface area contributed by atoms with Crippen molar-refractivity contribution in [1.29, 1.82) is 5.26 Å². The number of nitriles is 1. The van der Waals surface area contributed by atoms with Gasteiger partial charge in [0.25, 0.3) is 0 Å². The second-order valence-electron chi connectivity index (χ2n) is 4.03. The Morgan fingerprint density at radius 1 is 1.00 bits per heavy atom. The fourth-order valence-electron chi connectivity index (χ4n) is 1.90. The molecule has 0 bridgehead atoms. The Kier molecular flexibility index (Phi) is 3.49. The lowest BCUT2D eigenvalue weighted by Gasteiger charge is -2.09. The molecule has 2 aromatic carbocycles. The summed E-state index contributed by atoms with van der Waals surface area (Å²) in [6, 6.07) is 12.7. The average Bonchev–Trinajstić information content (AvgIpc) is 2.46. The van der Waals surface area contributed by atoms with Crippen molar-refractivity contribution in [3.63, 3.8) is 0 Å². The van der Waals surface area contributed by atoms with Crippen LogP contribution in [0.2, 0.25) is 0 Å². The zero-order chi connectivity index (χ0) is 14.7. The van der Waals surface area contributed by atoms with Gasteiger partial charge in [0.15, 0.2) is 0 Å². The van der Waals surface area contributed by atoms with Gasteiger partial charge in [0.05, 0.1) is 16.7 Å². The number of nitrogens with zero attached hydrogens (tertiary/aromatic N) is 1. The van der Waals surface area contributed by atoms with Gasteiger partial charge in [-0.05, 0) is 17.7 Å². The predicted molar refractivity (Wildman–Crippen MR) is 70.5 cm³/mol. The van der Waals surface area contributed by atoms with Crippen molar-refractivity contribution in [2.24, 2.45) is 0 Å². The smallest absolute Gasteiger partial charge is 0.337 e. The maximum absolute atomic E-state index is 11.2. The highest BCUT2D eigenvalue weighted by atomic mass is 16.4. The van der Waals surface area contributed by atoms with Gasteiger partial charge in [0.2, 0.25) is 0 Å². The predicted octanol–water partition coefficient (Wildman–Crippen LogP) is 2.62. The van der Waals surface area contributed by atoms with Crippen molar-refractivity contribution in [2.75, 3.05) is 0 Å². The van der Waals surface area contributed by atoms with E-state index in [2.05, 4.69) is 0 Å². The van der Waals surface area contributed by atoms with Crippen LogP contribution in [0.4, 0.5) is 0 Å². The van der Waals surface area contributed by atoms with Gasteiger partial charge in [0, 0.05) is 5.56 Å². The third-order valence-electron chi connectivity index (χ3n) is 2.81. The third kappa shape index (κ3) is 2.35. The molecule has 0 saturated carbocycles. The minimum atomic E-state index is -1.33. The fourth-order valence-corrected chi connectivity index (χ4v) is 1.90. The Balaban J connectivity index is 2.82. The van der Waals surface area contributed by atoms with Gasteiger partial charge in [-0.2, -0.15) is 5.26 Å². The topological polar surface area (TPSA) is 98.4 Å². The number of hydrogen-bond acceptors (Lipinski definition) is 3. The summed E-state index contributed by atoms with van der Waals surface area (Å²) in [4.78, 5) is 22.3. The average molecular weight is 267 g/mol. The van der Waals surface area contributed by atoms with Gasteiger partial charge in [-0.1, -0.05) is 30.3 Å². The molecule has 0 atom stereocenters. The van der Waals surface area contributed by atoms with E-state index in [1.807, 2.05) is 6.07 Å². The van der Waals surface area contributed by atoms with Crippen molar-refractivity contribution in [1.82, 2.24) is 0 Å². The number of carbonyl (C=O) groups is 2. The molecule has 0 unspecified atom stereocenters. The second-order valence-corrected chi connectivity index (χ2v) is 4.03. The van der Waals surface area contributed by atoms with Gasteiger partial charge in [-0.15, -0.1) is 0 Å². The van der Waals surface area contributed by atoms with Crippen molar-refractivity contribution in [2.45, 2.75) is 0 Å². The molecule has 0 saturated heterocycles. The molecule has 0 aliphatic rings. The Morgan fingerprint density at radius 3 is 2.15 bits per heavy atom. The van der Waals surface area contributed by atoms with Crippen molar-refractivity contribution in [3.8, 4) is 17.2 Å². The monoisotopic (exact) mass is 267 g/mol. The fraction of sp³-hybridized carbons (Fsp3) is 0. The molecular weight excluding hydrogens is 258 g/mol. The highest BCUT2D eigenvalue weighted by Crippen LogP contribution is 2.27. The summed E-state index contributed by atoms with van der Waals surface area (Å²) in [6.45, 7) is 0. The maximum Gasteiger partial charge on any atom is 0.337 e. The maximum atomic E-state index is 11.2. The van der Waals surface area contributed by atoms with Crippen LogP contribution in [0.5, 0.6) is 0 Å². The van der Waals surface area contributed by atoms with Gasteiger partial charge >= 0.3 is 11.9 Å². The Labute approximate surface area is 114 Å². The molecule has 0 fully saturated rings. The van der Waals surface area contributed by atoms with E-state index in [0.717, 1.165) is 6.07 Å². The van der Waals surface area contributed by atoms with Gasteiger partial charge in [-0.25, -0.2) is 9.59 Å². The molecule has 2 N–H and O–H groups in total. The largest absolute Gasteiger partial charge is 0.478 e. The van der Waals surface area contributed by atoms with Crippen molar-refractivity contribution < 1.29 is 19.8 Å². The molecule has 2 aromatic rings. The SMILES string of the molecule is N#Cc1c(C(=O)O)cc(C(=O)O)cc1-c1ccccc1. The summed E-state index contributed by atoms with van der Waals surface area (Å²) in [6.07, 6.45) is 0. The van der Waals surface area contributed by atoms with E-state index < -0.39 is 11.9 Å². The molecule has 98 valence electrons. The zero-order valence-corrected chi connectivity index (χ0v) is 10.2. The first-order valence-electron chi connectivity index (χ1n) is 5.64. The van der Waals surface area contributed by atoms with Gasteiger partial charge < -0.3 is 10.2 Å². The first-order chi connectivity index (χ1) is 9.54. The lowest BCUT2D eigenvalue weighted by atomic mass is 9.93. The molecule has 0 aliphatic heterocycles. The van der Waals surface area contributed by atoms with Gasteiger partial charge in [-0.3, -0.25) is 0 Å². The summed E-state index contributed by atoms with van der Waals surface area (Å²) in [5.74, 6) is -2.57. The molecule has 5 heteroatoms. The zero-order valence-electron chi connectivity index (χ0n) is 10.2. The van der Waals surface area contributed by atoms with Crippen LogP contribution in [0.25, 0.3) is 11.1 Å².